The van der Waals surface area contributed by atoms with Crippen molar-refractivity contribution in [1.29, 1.82) is 0 Å². The second-order valence-corrected chi connectivity index (χ2v) is 4.82. The van der Waals surface area contributed by atoms with E-state index in [4.69, 9.17) is 4.74 Å². The van der Waals surface area contributed by atoms with Gasteiger partial charge in [0, 0.05) is 11.9 Å². The lowest BCUT2D eigenvalue weighted by Crippen LogP contribution is -2.26. The lowest BCUT2D eigenvalue weighted by atomic mass is 10.2. The van der Waals surface area contributed by atoms with Gasteiger partial charge in [-0.1, -0.05) is 25.1 Å². The first-order valence-electron chi connectivity index (χ1n) is 6.95. The van der Waals surface area contributed by atoms with Crippen LogP contribution in [0.15, 0.2) is 36.5 Å². The molecule has 1 aromatic heterocycles. The first-order valence-corrected chi connectivity index (χ1v) is 6.95. The maximum absolute atomic E-state index is 6.03. The van der Waals surface area contributed by atoms with Crippen LogP contribution in [0.3, 0.4) is 0 Å². The van der Waals surface area contributed by atoms with Crippen molar-refractivity contribution in [3.63, 3.8) is 0 Å². The molecule has 0 spiro atoms. The van der Waals surface area contributed by atoms with Crippen molar-refractivity contribution in [2.75, 3.05) is 11.9 Å². The van der Waals surface area contributed by atoms with Crippen LogP contribution in [0.4, 0.5) is 5.95 Å². The Labute approximate surface area is 120 Å². The highest BCUT2D eigenvalue weighted by Gasteiger charge is 2.10. The summed E-state index contributed by atoms with van der Waals surface area (Å²) >= 11 is 0. The number of hydrogen-bond donors (Lipinski definition) is 1. The van der Waals surface area contributed by atoms with Gasteiger partial charge in [0.25, 0.3) is 0 Å². The summed E-state index contributed by atoms with van der Waals surface area (Å²) in [7, 11) is 0. The number of ether oxygens (including phenoxy) is 1. The fourth-order valence-electron chi connectivity index (χ4n) is 1.88. The minimum Gasteiger partial charge on any atom is -0.488 e. The number of anilines is 1. The quantitative estimate of drug-likeness (QED) is 0.875. The third-order valence-corrected chi connectivity index (χ3v) is 3.13. The van der Waals surface area contributed by atoms with E-state index in [-0.39, 0.29) is 6.10 Å². The highest BCUT2D eigenvalue weighted by Crippen LogP contribution is 2.18. The van der Waals surface area contributed by atoms with Crippen LogP contribution in [0, 0.1) is 13.8 Å². The Morgan fingerprint density at radius 2 is 2.00 bits per heavy atom. The van der Waals surface area contributed by atoms with Gasteiger partial charge in [0.2, 0.25) is 5.95 Å². The molecule has 106 valence electrons. The largest absolute Gasteiger partial charge is 0.488 e. The molecule has 4 nitrogen and oxygen atoms in total. The van der Waals surface area contributed by atoms with Crippen LogP contribution in [0.25, 0.3) is 0 Å². The molecule has 0 saturated heterocycles. The molecular formula is C16H21N3O. The molecule has 2 rings (SSSR count). The first-order chi connectivity index (χ1) is 9.69. The zero-order valence-electron chi connectivity index (χ0n) is 12.3. The van der Waals surface area contributed by atoms with E-state index in [0.29, 0.717) is 12.5 Å². The van der Waals surface area contributed by atoms with Crippen LogP contribution >= 0.6 is 0 Å². The topological polar surface area (TPSA) is 47.0 Å². The normalized spacial score (nSPS) is 11.9. The zero-order valence-corrected chi connectivity index (χ0v) is 12.3. The van der Waals surface area contributed by atoms with Gasteiger partial charge in [-0.25, -0.2) is 9.97 Å². The molecular weight excluding hydrogens is 250 g/mol. The lowest BCUT2D eigenvalue weighted by Gasteiger charge is -2.19. The van der Waals surface area contributed by atoms with Crippen LogP contribution in [0.5, 0.6) is 5.75 Å². The van der Waals surface area contributed by atoms with Gasteiger partial charge >= 0.3 is 0 Å². The minimum absolute atomic E-state index is 0.0974. The van der Waals surface area contributed by atoms with E-state index in [0.717, 1.165) is 23.4 Å². The van der Waals surface area contributed by atoms with E-state index in [2.05, 4.69) is 35.2 Å². The molecule has 1 N–H and O–H groups in total. The Morgan fingerprint density at radius 3 is 2.70 bits per heavy atom. The molecule has 0 radical (unpaired) electrons. The fourth-order valence-corrected chi connectivity index (χ4v) is 1.88. The van der Waals surface area contributed by atoms with E-state index in [1.807, 2.05) is 31.2 Å². The van der Waals surface area contributed by atoms with Gasteiger partial charge in [0.1, 0.15) is 11.9 Å². The van der Waals surface area contributed by atoms with E-state index < -0.39 is 0 Å². The molecule has 0 fully saturated rings. The predicted octanol–water partition coefficient (Wildman–Crippen LogP) is 3.36. The van der Waals surface area contributed by atoms with Crippen LogP contribution in [-0.4, -0.2) is 22.6 Å². The summed E-state index contributed by atoms with van der Waals surface area (Å²) in [5.41, 5.74) is 2.10. The average molecular weight is 271 g/mol. The van der Waals surface area contributed by atoms with Crippen LogP contribution < -0.4 is 10.1 Å². The van der Waals surface area contributed by atoms with Gasteiger partial charge in [-0.15, -0.1) is 0 Å². The van der Waals surface area contributed by atoms with Gasteiger partial charge in [0.05, 0.1) is 6.54 Å². The SMILES string of the molecule is CCC(CNc1nccc(C)n1)Oc1ccccc1C. The number of nitrogens with one attached hydrogen (secondary N) is 1. The van der Waals surface area contributed by atoms with Gasteiger partial charge in [-0.2, -0.15) is 0 Å². The summed E-state index contributed by atoms with van der Waals surface area (Å²) in [6, 6.07) is 9.95. The Hall–Kier alpha value is -2.10. The van der Waals surface area contributed by atoms with Gasteiger partial charge in [-0.05, 0) is 38.0 Å². The molecule has 0 bridgehead atoms. The summed E-state index contributed by atoms with van der Waals surface area (Å²) in [6.45, 7) is 6.81. The molecule has 4 heteroatoms. The monoisotopic (exact) mass is 271 g/mol. The molecule has 0 aliphatic rings. The molecule has 1 heterocycles. The van der Waals surface area contributed by atoms with Gasteiger partial charge in [0.15, 0.2) is 0 Å². The van der Waals surface area contributed by atoms with Crippen molar-refractivity contribution < 1.29 is 4.74 Å². The maximum atomic E-state index is 6.03. The molecule has 0 aliphatic heterocycles. The molecule has 0 aliphatic carbocycles. The van der Waals surface area contributed by atoms with Gasteiger partial charge in [-0.3, -0.25) is 0 Å². The molecule has 0 saturated carbocycles. The van der Waals surface area contributed by atoms with E-state index in [1.165, 1.54) is 0 Å². The summed E-state index contributed by atoms with van der Waals surface area (Å²) in [4.78, 5) is 8.52. The van der Waals surface area contributed by atoms with E-state index in [1.54, 1.807) is 6.20 Å². The number of nitrogens with zero attached hydrogens (tertiary/aromatic N) is 2. The molecule has 20 heavy (non-hydrogen) atoms. The smallest absolute Gasteiger partial charge is 0.222 e. The van der Waals surface area contributed by atoms with Crippen LogP contribution in [0.1, 0.15) is 24.6 Å². The number of benzene rings is 1. The Bertz CT molecular complexity index is 557. The highest BCUT2D eigenvalue weighted by atomic mass is 16.5. The van der Waals surface area contributed by atoms with Crippen molar-refractivity contribution in [1.82, 2.24) is 9.97 Å². The average Bonchev–Trinajstić information content (AvgIpc) is 2.45. The Balaban J connectivity index is 1.94. The Morgan fingerprint density at radius 1 is 1.20 bits per heavy atom. The number of aromatic nitrogens is 2. The standard InChI is InChI=1S/C16H21N3O/c1-4-14(20-15-8-6-5-7-12(15)2)11-18-16-17-10-9-13(3)19-16/h5-10,14H,4,11H2,1-3H3,(H,17,18,19). The zero-order chi connectivity index (χ0) is 14.4. The summed E-state index contributed by atoms with van der Waals surface area (Å²) < 4.78 is 6.03. The van der Waals surface area contributed by atoms with Crippen molar-refractivity contribution in [3.8, 4) is 5.75 Å². The molecule has 1 aromatic carbocycles. The van der Waals surface area contributed by atoms with Crippen molar-refractivity contribution in [2.45, 2.75) is 33.3 Å². The highest BCUT2D eigenvalue weighted by molar-refractivity contribution is 5.32. The second-order valence-electron chi connectivity index (χ2n) is 4.82. The number of rotatable bonds is 6. The molecule has 2 aromatic rings. The number of aryl methyl sites for hydroxylation is 2. The molecule has 0 amide bonds. The van der Waals surface area contributed by atoms with Gasteiger partial charge < -0.3 is 10.1 Å². The van der Waals surface area contributed by atoms with E-state index >= 15 is 0 Å². The summed E-state index contributed by atoms with van der Waals surface area (Å²) in [5, 5.41) is 3.23. The molecule has 1 unspecified atom stereocenters. The van der Waals surface area contributed by atoms with Crippen molar-refractivity contribution >= 4 is 5.95 Å². The number of para-hydroxylation sites is 1. The minimum atomic E-state index is 0.0974. The number of hydrogen-bond acceptors (Lipinski definition) is 4. The van der Waals surface area contributed by atoms with Crippen LogP contribution in [0.2, 0.25) is 0 Å². The second kappa shape index (κ2) is 6.89. The lowest BCUT2D eigenvalue weighted by molar-refractivity contribution is 0.208. The van der Waals surface area contributed by atoms with Crippen LogP contribution in [-0.2, 0) is 0 Å². The molecule has 1 atom stereocenters. The predicted molar refractivity (Wildman–Crippen MR) is 81.1 cm³/mol. The first kappa shape index (κ1) is 14.3. The summed E-state index contributed by atoms with van der Waals surface area (Å²) in [6.07, 6.45) is 2.78. The van der Waals surface area contributed by atoms with Crippen molar-refractivity contribution in [2.24, 2.45) is 0 Å². The van der Waals surface area contributed by atoms with E-state index in [9.17, 15) is 0 Å². The summed E-state index contributed by atoms with van der Waals surface area (Å²) in [5.74, 6) is 1.59. The van der Waals surface area contributed by atoms with Crippen molar-refractivity contribution in [3.05, 3.63) is 47.8 Å². The fraction of sp³-hybridized carbons (Fsp3) is 0.375. The third kappa shape index (κ3) is 3.95. The Kier molecular flexibility index (Phi) is 4.93. The maximum Gasteiger partial charge on any atom is 0.222 e. The third-order valence-electron chi connectivity index (χ3n) is 3.13.